The van der Waals surface area contributed by atoms with Crippen LogP contribution in [0, 0.1) is 0 Å². The lowest BCUT2D eigenvalue weighted by atomic mass is 9.98. The second-order valence-corrected chi connectivity index (χ2v) is 9.18. The molecule has 0 saturated carbocycles. The number of nitrogens with zero attached hydrogens (tertiary/aromatic N) is 2. The second-order valence-electron chi connectivity index (χ2n) is 9.18. The Morgan fingerprint density at radius 1 is 0.895 bits per heavy atom. The monoisotopic (exact) mass is 504 g/mol. The van der Waals surface area contributed by atoms with Gasteiger partial charge >= 0.3 is 12.1 Å². The molecule has 0 radical (unpaired) electrons. The number of carbonyl (C=O) groups excluding carboxylic acids is 1. The molecule has 3 aromatic carbocycles. The molecule has 0 aliphatic heterocycles. The normalized spacial score (nSPS) is 13.1. The average Bonchev–Trinajstić information content (AvgIpc) is 3.51. The SMILES string of the molecule is O=C(NC(Cc1c[nH]c2c(-c3ncccn3)cccc12)C(=O)O)OCC1c2ccccc2-c2ccccc21. The van der Waals surface area contributed by atoms with Crippen LogP contribution in [0.2, 0.25) is 0 Å². The Kier molecular flexibility index (Phi) is 6.05. The third-order valence-electron chi connectivity index (χ3n) is 6.97. The van der Waals surface area contributed by atoms with E-state index in [-0.39, 0.29) is 18.9 Å². The van der Waals surface area contributed by atoms with Crippen molar-refractivity contribution in [3.05, 3.63) is 108 Å². The van der Waals surface area contributed by atoms with Crippen molar-refractivity contribution in [2.75, 3.05) is 6.61 Å². The Hall–Kier alpha value is -4.98. The fourth-order valence-electron chi connectivity index (χ4n) is 5.21. The zero-order valence-corrected chi connectivity index (χ0v) is 20.3. The number of aliphatic carboxylic acids is 1. The molecule has 5 aromatic rings. The lowest BCUT2D eigenvalue weighted by molar-refractivity contribution is -0.139. The maximum Gasteiger partial charge on any atom is 0.407 e. The van der Waals surface area contributed by atoms with Gasteiger partial charge in [0, 0.05) is 41.9 Å². The Morgan fingerprint density at radius 2 is 1.55 bits per heavy atom. The molecule has 8 heteroatoms. The van der Waals surface area contributed by atoms with Crippen molar-refractivity contribution in [1.82, 2.24) is 20.3 Å². The van der Waals surface area contributed by atoms with Crippen LogP contribution in [-0.4, -0.2) is 44.8 Å². The van der Waals surface area contributed by atoms with E-state index in [1.807, 2.05) is 54.6 Å². The molecule has 0 spiro atoms. The predicted octanol–water partition coefficient (Wildman–Crippen LogP) is 5.16. The zero-order valence-electron chi connectivity index (χ0n) is 20.3. The second kappa shape index (κ2) is 9.82. The highest BCUT2D eigenvalue weighted by Gasteiger charge is 2.30. The van der Waals surface area contributed by atoms with Gasteiger partial charge in [-0.15, -0.1) is 0 Å². The Labute approximate surface area is 218 Å². The van der Waals surface area contributed by atoms with Crippen molar-refractivity contribution in [3.63, 3.8) is 0 Å². The van der Waals surface area contributed by atoms with Crippen LogP contribution in [0.4, 0.5) is 4.79 Å². The number of hydrogen-bond donors (Lipinski definition) is 3. The van der Waals surface area contributed by atoms with Crippen molar-refractivity contribution in [2.24, 2.45) is 0 Å². The number of rotatable bonds is 7. The molecule has 38 heavy (non-hydrogen) atoms. The number of aromatic amines is 1. The number of H-pyrrole nitrogens is 1. The molecule has 1 aliphatic rings. The number of nitrogens with one attached hydrogen (secondary N) is 2. The summed E-state index contributed by atoms with van der Waals surface area (Å²) in [4.78, 5) is 36.7. The first-order valence-electron chi connectivity index (χ1n) is 12.3. The van der Waals surface area contributed by atoms with Crippen molar-refractivity contribution in [3.8, 4) is 22.5 Å². The number of fused-ring (bicyclic) bond motifs is 4. The first kappa shape index (κ1) is 23.4. The van der Waals surface area contributed by atoms with Gasteiger partial charge in [0.2, 0.25) is 0 Å². The summed E-state index contributed by atoms with van der Waals surface area (Å²) in [6, 6.07) is 22.4. The average molecular weight is 505 g/mol. The predicted molar refractivity (Wildman–Crippen MR) is 143 cm³/mol. The summed E-state index contributed by atoms with van der Waals surface area (Å²) >= 11 is 0. The van der Waals surface area contributed by atoms with Crippen molar-refractivity contribution >= 4 is 23.0 Å². The van der Waals surface area contributed by atoms with E-state index >= 15 is 0 Å². The van der Waals surface area contributed by atoms with E-state index in [1.165, 1.54) is 0 Å². The first-order valence-corrected chi connectivity index (χ1v) is 12.3. The van der Waals surface area contributed by atoms with Crippen LogP contribution in [0.15, 0.2) is 91.4 Å². The molecule has 1 atom stereocenters. The van der Waals surface area contributed by atoms with Crippen LogP contribution >= 0.6 is 0 Å². The topological polar surface area (TPSA) is 117 Å². The van der Waals surface area contributed by atoms with Gasteiger partial charge in [0.15, 0.2) is 5.82 Å². The molecule has 2 aromatic heterocycles. The number of carbonyl (C=O) groups is 2. The molecule has 0 fully saturated rings. The lowest BCUT2D eigenvalue weighted by Crippen LogP contribution is -2.42. The number of carboxylic acids is 1. The number of ether oxygens (including phenoxy) is 1. The Balaban J connectivity index is 1.17. The number of para-hydroxylation sites is 1. The van der Waals surface area contributed by atoms with Crippen molar-refractivity contribution in [1.29, 1.82) is 0 Å². The molecule has 6 rings (SSSR count). The molecule has 188 valence electrons. The van der Waals surface area contributed by atoms with Crippen LogP contribution in [-0.2, 0) is 16.0 Å². The number of hydrogen-bond acceptors (Lipinski definition) is 5. The van der Waals surface area contributed by atoms with E-state index in [2.05, 4.69) is 32.4 Å². The Morgan fingerprint density at radius 3 is 2.24 bits per heavy atom. The largest absolute Gasteiger partial charge is 0.480 e. The van der Waals surface area contributed by atoms with E-state index in [0.29, 0.717) is 5.82 Å². The van der Waals surface area contributed by atoms with Crippen LogP contribution in [0.3, 0.4) is 0 Å². The Bertz CT molecular complexity index is 1600. The van der Waals surface area contributed by atoms with E-state index in [1.54, 1.807) is 24.7 Å². The number of carboxylic acid groups (broad SMARTS) is 1. The molecule has 0 saturated heterocycles. The smallest absolute Gasteiger partial charge is 0.407 e. The van der Waals surface area contributed by atoms with Gasteiger partial charge in [0.1, 0.15) is 12.6 Å². The van der Waals surface area contributed by atoms with Crippen LogP contribution in [0.5, 0.6) is 0 Å². The summed E-state index contributed by atoms with van der Waals surface area (Å²) in [6.07, 6.45) is 4.41. The summed E-state index contributed by atoms with van der Waals surface area (Å²) in [5, 5.41) is 13.2. The van der Waals surface area contributed by atoms with Gasteiger partial charge in [-0.05, 0) is 39.9 Å². The molecular formula is C30H24N4O4. The molecule has 8 nitrogen and oxygen atoms in total. The molecule has 3 N–H and O–H groups in total. The molecule has 1 amide bonds. The maximum absolute atomic E-state index is 12.7. The minimum Gasteiger partial charge on any atom is -0.480 e. The van der Waals surface area contributed by atoms with E-state index in [9.17, 15) is 14.7 Å². The van der Waals surface area contributed by atoms with E-state index in [4.69, 9.17) is 4.74 Å². The summed E-state index contributed by atoms with van der Waals surface area (Å²) in [5.41, 5.74) is 6.80. The number of aromatic nitrogens is 3. The standard InChI is InChI=1S/C30H24N4O4/c35-29(36)26(15-18-16-33-27-19(18)11-5-12-24(27)28-31-13-6-14-32-28)34-30(37)38-17-25-22-9-3-1-7-20(22)21-8-2-4-10-23(21)25/h1-14,16,25-26,33H,15,17H2,(H,34,37)(H,35,36). The maximum atomic E-state index is 12.7. The van der Waals surface area contributed by atoms with Gasteiger partial charge in [-0.1, -0.05) is 60.7 Å². The summed E-state index contributed by atoms with van der Waals surface area (Å²) in [6.45, 7) is 0.111. The quantitative estimate of drug-likeness (QED) is 0.282. The highest BCUT2D eigenvalue weighted by molar-refractivity contribution is 5.95. The van der Waals surface area contributed by atoms with Crippen LogP contribution in [0.25, 0.3) is 33.4 Å². The van der Waals surface area contributed by atoms with Crippen molar-refractivity contribution < 1.29 is 19.4 Å². The molecule has 2 heterocycles. The van der Waals surface area contributed by atoms with Gasteiger partial charge in [0.05, 0.1) is 5.52 Å². The third-order valence-corrected chi connectivity index (χ3v) is 6.97. The number of alkyl carbamates (subject to hydrolysis) is 1. The van der Waals surface area contributed by atoms with Gasteiger partial charge in [0.25, 0.3) is 0 Å². The number of benzene rings is 3. The fraction of sp³-hybridized carbons (Fsp3) is 0.133. The molecule has 0 bridgehead atoms. The minimum atomic E-state index is -1.17. The summed E-state index contributed by atoms with van der Waals surface area (Å²) in [7, 11) is 0. The zero-order chi connectivity index (χ0) is 26.1. The highest BCUT2D eigenvalue weighted by atomic mass is 16.5. The van der Waals surface area contributed by atoms with E-state index < -0.39 is 18.1 Å². The summed E-state index contributed by atoms with van der Waals surface area (Å²) < 4.78 is 5.57. The molecular weight excluding hydrogens is 480 g/mol. The molecule has 1 aliphatic carbocycles. The van der Waals surface area contributed by atoms with Crippen molar-refractivity contribution in [2.45, 2.75) is 18.4 Å². The third kappa shape index (κ3) is 4.26. The fourth-order valence-corrected chi connectivity index (χ4v) is 5.21. The summed E-state index contributed by atoms with van der Waals surface area (Å²) in [5.74, 6) is -0.683. The van der Waals surface area contributed by atoms with Gasteiger partial charge in [-0.2, -0.15) is 0 Å². The van der Waals surface area contributed by atoms with E-state index in [0.717, 1.165) is 44.3 Å². The minimum absolute atomic E-state index is 0.0820. The lowest BCUT2D eigenvalue weighted by Gasteiger charge is -2.17. The highest BCUT2D eigenvalue weighted by Crippen LogP contribution is 2.44. The van der Waals surface area contributed by atoms with Gasteiger partial charge < -0.3 is 20.1 Å². The van der Waals surface area contributed by atoms with Crippen LogP contribution < -0.4 is 5.32 Å². The van der Waals surface area contributed by atoms with Crippen LogP contribution in [0.1, 0.15) is 22.6 Å². The van der Waals surface area contributed by atoms with Gasteiger partial charge in [-0.3, -0.25) is 0 Å². The first-order chi connectivity index (χ1) is 18.6. The van der Waals surface area contributed by atoms with Gasteiger partial charge in [-0.25, -0.2) is 19.6 Å². The molecule has 1 unspecified atom stereocenters. The number of amides is 1.